The Morgan fingerprint density at radius 1 is 1.43 bits per heavy atom. The van der Waals surface area contributed by atoms with Gasteiger partial charge in [0.1, 0.15) is 0 Å². The summed E-state index contributed by atoms with van der Waals surface area (Å²) in [6, 6.07) is 0. The van der Waals surface area contributed by atoms with Crippen LogP contribution in [0.25, 0.3) is 0 Å². The first kappa shape index (κ1) is 11.5. The maximum atomic E-state index is 11.8. The van der Waals surface area contributed by atoms with Gasteiger partial charge in [0.15, 0.2) is 0 Å². The van der Waals surface area contributed by atoms with E-state index in [2.05, 4.69) is 0 Å². The number of aliphatic hydroxyl groups is 1. The minimum Gasteiger partial charge on any atom is -0.465 e. The first-order chi connectivity index (χ1) is 6.44. The summed E-state index contributed by atoms with van der Waals surface area (Å²) < 4.78 is 5.06. The highest BCUT2D eigenvalue weighted by Crippen LogP contribution is 2.47. The van der Waals surface area contributed by atoms with Crippen molar-refractivity contribution in [1.82, 2.24) is 0 Å². The van der Waals surface area contributed by atoms with E-state index in [1.807, 2.05) is 0 Å². The minimum atomic E-state index is -0.976. The van der Waals surface area contributed by atoms with E-state index < -0.39 is 11.0 Å². The van der Waals surface area contributed by atoms with Gasteiger partial charge < -0.3 is 9.84 Å². The molecule has 1 N–H and O–H groups in total. The molecule has 0 unspecified atom stereocenters. The molecule has 1 rings (SSSR count). The molecule has 3 nitrogen and oxygen atoms in total. The highest BCUT2D eigenvalue weighted by Gasteiger charge is 2.52. The lowest BCUT2D eigenvalue weighted by Gasteiger charge is -2.37. The normalized spacial score (nSPS) is 20.9. The number of esters is 1. The smallest absolute Gasteiger partial charge is 0.314 e. The maximum Gasteiger partial charge on any atom is 0.314 e. The van der Waals surface area contributed by atoms with Gasteiger partial charge in [-0.25, -0.2) is 0 Å². The largest absolute Gasteiger partial charge is 0.465 e. The van der Waals surface area contributed by atoms with E-state index in [0.29, 0.717) is 6.61 Å². The highest BCUT2D eigenvalue weighted by atomic mass is 16.5. The lowest BCUT2D eigenvalue weighted by molar-refractivity contribution is -0.171. The average Bonchev–Trinajstić information content (AvgIpc) is 2.51. The van der Waals surface area contributed by atoms with Crippen LogP contribution in [0.15, 0.2) is 0 Å². The van der Waals surface area contributed by atoms with Gasteiger partial charge in [0.2, 0.25) is 0 Å². The summed E-state index contributed by atoms with van der Waals surface area (Å²) in [5.74, 6) is -0.231. The standard InChI is InChI=1S/C11H20O3/c1-4-14-9(12)11(10(2,3)13)7-5-6-8-11/h13H,4-8H2,1-3H3. The molecule has 1 fully saturated rings. The third-order valence-electron chi connectivity index (χ3n) is 3.29. The summed E-state index contributed by atoms with van der Waals surface area (Å²) in [7, 11) is 0. The van der Waals surface area contributed by atoms with Crippen molar-refractivity contribution in [3.8, 4) is 0 Å². The fraction of sp³-hybridized carbons (Fsp3) is 0.909. The molecule has 0 bridgehead atoms. The van der Waals surface area contributed by atoms with Crippen molar-refractivity contribution >= 4 is 5.97 Å². The zero-order chi connectivity index (χ0) is 10.8. The van der Waals surface area contributed by atoms with Gasteiger partial charge in [-0.3, -0.25) is 4.79 Å². The third kappa shape index (κ3) is 1.78. The van der Waals surface area contributed by atoms with Crippen molar-refractivity contribution in [3.05, 3.63) is 0 Å². The van der Waals surface area contributed by atoms with Crippen molar-refractivity contribution in [2.24, 2.45) is 5.41 Å². The quantitative estimate of drug-likeness (QED) is 0.707. The molecule has 0 atom stereocenters. The third-order valence-corrected chi connectivity index (χ3v) is 3.29. The Morgan fingerprint density at radius 3 is 2.29 bits per heavy atom. The average molecular weight is 200 g/mol. The Bertz CT molecular complexity index is 209. The van der Waals surface area contributed by atoms with Crippen LogP contribution >= 0.6 is 0 Å². The van der Waals surface area contributed by atoms with Crippen LogP contribution < -0.4 is 0 Å². The van der Waals surface area contributed by atoms with Crippen molar-refractivity contribution < 1.29 is 14.6 Å². The predicted molar refractivity (Wildman–Crippen MR) is 53.8 cm³/mol. The lowest BCUT2D eigenvalue weighted by atomic mass is 9.72. The Hall–Kier alpha value is -0.570. The summed E-state index contributed by atoms with van der Waals surface area (Å²) >= 11 is 0. The molecule has 0 aromatic rings. The van der Waals surface area contributed by atoms with Crippen LogP contribution in [-0.2, 0) is 9.53 Å². The second-order valence-corrected chi connectivity index (χ2v) is 4.57. The van der Waals surface area contributed by atoms with Gasteiger partial charge in [-0.15, -0.1) is 0 Å². The lowest BCUT2D eigenvalue weighted by Crippen LogP contribution is -2.48. The molecule has 1 saturated carbocycles. The number of ether oxygens (including phenoxy) is 1. The maximum absolute atomic E-state index is 11.8. The molecule has 0 aliphatic heterocycles. The molecule has 0 radical (unpaired) electrons. The van der Waals surface area contributed by atoms with Crippen LogP contribution in [0.2, 0.25) is 0 Å². The zero-order valence-electron chi connectivity index (χ0n) is 9.30. The van der Waals surface area contributed by atoms with Crippen molar-refractivity contribution in [2.45, 2.75) is 52.1 Å². The summed E-state index contributed by atoms with van der Waals surface area (Å²) in [5, 5.41) is 10.1. The predicted octanol–water partition coefficient (Wildman–Crippen LogP) is 1.88. The molecule has 0 spiro atoms. The Balaban J connectivity index is 2.87. The molecular formula is C11H20O3. The van der Waals surface area contributed by atoms with Gasteiger partial charge in [-0.2, -0.15) is 0 Å². The second-order valence-electron chi connectivity index (χ2n) is 4.57. The molecule has 0 aromatic heterocycles. The molecule has 1 aliphatic carbocycles. The minimum absolute atomic E-state index is 0.231. The van der Waals surface area contributed by atoms with Gasteiger partial charge in [-0.05, 0) is 33.6 Å². The van der Waals surface area contributed by atoms with Crippen molar-refractivity contribution in [2.75, 3.05) is 6.61 Å². The van der Waals surface area contributed by atoms with Gasteiger partial charge >= 0.3 is 5.97 Å². The molecule has 0 aromatic carbocycles. The van der Waals surface area contributed by atoms with Gasteiger partial charge in [0, 0.05) is 0 Å². The Kier molecular flexibility index (Phi) is 3.20. The summed E-state index contributed by atoms with van der Waals surface area (Å²) in [4.78, 5) is 11.8. The van der Waals surface area contributed by atoms with E-state index in [-0.39, 0.29) is 5.97 Å². The molecule has 0 saturated heterocycles. The number of carbonyl (C=O) groups is 1. The molecule has 14 heavy (non-hydrogen) atoms. The van der Waals surface area contributed by atoms with Crippen LogP contribution in [0.4, 0.5) is 0 Å². The molecule has 0 heterocycles. The number of hydrogen-bond donors (Lipinski definition) is 1. The summed E-state index contributed by atoms with van der Waals surface area (Å²) in [6.45, 7) is 5.59. The first-order valence-electron chi connectivity index (χ1n) is 5.33. The van der Waals surface area contributed by atoms with E-state index in [1.165, 1.54) is 0 Å². The van der Waals surface area contributed by atoms with Crippen molar-refractivity contribution in [3.63, 3.8) is 0 Å². The highest BCUT2D eigenvalue weighted by molar-refractivity contribution is 5.78. The Morgan fingerprint density at radius 2 is 1.93 bits per heavy atom. The number of hydrogen-bond acceptors (Lipinski definition) is 3. The SMILES string of the molecule is CCOC(=O)C1(C(C)(C)O)CCCC1. The van der Waals surface area contributed by atoms with E-state index in [4.69, 9.17) is 4.74 Å². The molecular weight excluding hydrogens is 180 g/mol. The zero-order valence-corrected chi connectivity index (χ0v) is 9.30. The van der Waals surface area contributed by atoms with Gasteiger partial charge in [0.25, 0.3) is 0 Å². The van der Waals surface area contributed by atoms with Gasteiger partial charge in [0.05, 0.1) is 17.6 Å². The fourth-order valence-corrected chi connectivity index (χ4v) is 2.31. The van der Waals surface area contributed by atoms with Crippen molar-refractivity contribution in [1.29, 1.82) is 0 Å². The molecule has 82 valence electrons. The second kappa shape index (κ2) is 3.89. The first-order valence-corrected chi connectivity index (χ1v) is 5.33. The fourth-order valence-electron chi connectivity index (χ4n) is 2.31. The topological polar surface area (TPSA) is 46.5 Å². The number of rotatable bonds is 3. The molecule has 1 aliphatic rings. The van der Waals surface area contributed by atoms with Crippen LogP contribution in [-0.4, -0.2) is 23.3 Å². The van der Waals surface area contributed by atoms with Crippen LogP contribution in [0.3, 0.4) is 0 Å². The number of carbonyl (C=O) groups excluding carboxylic acids is 1. The van der Waals surface area contributed by atoms with E-state index in [9.17, 15) is 9.90 Å². The van der Waals surface area contributed by atoms with Crippen LogP contribution in [0.1, 0.15) is 46.5 Å². The van der Waals surface area contributed by atoms with E-state index in [0.717, 1.165) is 25.7 Å². The van der Waals surface area contributed by atoms with Crippen LogP contribution in [0, 0.1) is 5.41 Å². The Labute approximate surface area is 85.5 Å². The monoisotopic (exact) mass is 200 g/mol. The molecule has 0 amide bonds. The van der Waals surface area contributed by atoms with E-state index >= 15 is 0 Å². The van der Waals surface area contributed by atoms with Gasteiger partial charge in [-0.1, -0.05) is 12.8 Å². The summed E-state index contributed by atoms with van der Waals surface area (Å²) in [5.41, 5.74) is -1.64. The van der Waals surface area contributed by atoms with E-state index in [1.54, 1.807) is 20.8 Å². The van der Waals surface area contributed by atoms with Crippen LogP contribution in [0.5, 0.6) is 0 Å². The molecule has 3 heteroatoms. The summed E-state index contributed by atoms with van der Waals surface area (Å²) in [6.07, 6.45) is 3.50.